The molecular weight excluding hydrogens is 359 g/mol. The van der Waals surface area contributed by atoms with E-state index in [0.29, 0.717) is 13.0 Å². The minimum atomic E-state index is -5.02. The molecule has 2 atom stereocenters. The molecule has 8 heteroatoms. The number of nitrogens with zero attached hydrogens (tertiary/aromatic N) is 3. The van der Waals surface area contributed by atoms with Crippen molar-refractivity contribution in [1.82, 2.24) is 14.5 Å². The minimum Gasteiger partial charge on any atom is -0.374 e. The number of aryl methyl sites for hydroxylation is 1. The van der Waals surface area contributed by atoms with Crippen LogP contribution in [0.25, 0.3) is 0 Å². The van der Waals surface area contributed by atoms with Gasteiger partial charge in [-0.2, -0.15) is 13.2 Å². The second-order valence-electron chi connectivity index (χ2n) is 6.97. The van der Waals surface area contributed by atoms with Gasteiger partial charge in [-0.15, -0.1) is 0 Å². The Hall–Kier alpha value is -2.35. The molecule has 0 aliphatic carbocycles. The van der Waals surface area contributed by atoms with E-state index in [1.165, 1.54) is 24.3 Å². The number of imidazole rings is 1. The number of hydrogen-bond donors (Lipinski definition) is 1. The average Bonchev–Trinajstić information content (AvgIpc) is 3.23. The van der Waals surface area contributed by atoms with Crippen molar-refractivity contribution in [2.75, 3.05) is 6.54 Å². The summed E-state index contributed by atoms with van der Waals surface area (Å²) in [7, 11) is 1.36. The third-order valence-electron chi connectivity index (χ3n) is 5.08. The fraction of sp³-hybridized carbons (Fsp3) is 0.474. The molecule has 1 aromatic heterocycles. The molecule has 146 valence electrons. The number of alkyl halides is 3. The molecule has 0 saturated carbocycles. The van der Waals surface area contributed by atoms with Gasteiger partial charge in [-0.05, 0) is 24.8 Å². The summed E-state index contributed by atoms with van der Waals surface area (Å²) in [5, 5.41) is 10.4. The first-order valence-corrected chi connectivity index (χ1v) is 8.82. The van der Waals surface area contributed by atoms with Gasteiger partial charge in [0.05, 0.1) is 6.42 Å². The Morgan fingerprint density at radius 1 is 1.30 bits per heavy atom. The maximum Gasteiger partial charge on any atom is 0.425 e. The normalized spacial score (nSPS) is 19.9. The van der Waals surface area contributed by atoms with E-state index < -0.39 is 29.9 Å². The number of carbonyl (C=O) groups is 1. The molecule has 3 rings (SSSR count). The number of rotatable bonds is 5. The van der Waals surface area contributed by atoms with Crippen LogP contribution in [0, 0.1) is 0 Å². The van der Waals surface area contributed by atoms with Crippen LogP contribution >= 0.6 is 0 Å². The minimum absolute atomic E-state index is 0.168. The van der Waals surface area contributed by atoms with Crippen molar-refractivity contribution in [3.63, 3.8) is 0 Å². The van der Waals surface area contributed by atoms with Crippen molar-refractivity contribution in [2.45, 2.75) is 43.5 Å². The predicted molar refractivity (Wildman–Crippen MR) is 92.7 cm³/mol. The van der Waals surface area contributed by atoms with Gasteiger partial charge in [0.15, 0.2) is 5.82 Å². The zero-order valence-electron chi connectivity index (χ0n) is 15.0. The van der Waals surface area contributed by atoms with E-state index in [-0.39, 0.29) is 6.04 Å². The molecule has 0 spiro atoms. The van der Waals surface area contributed by atoms with E-state index in [1.807, 2.05) is 30.3 Å². The van der Waals surface area contributed by atoms with E-state index >= 15 is 0 Å². The second-order valence-corrected chi connectivity index (χ2v) is 6.97. The first kappa shape index (κ1) is 19.4. The number of halogens is 3. The standard InChI is InChI=1S/C19H22F3N3O2/c1-24-11-9-23-17(24)18(27,19(20,21)22)13-16(26)25-10-5-8-15(25)12-14-6-3-2-4-7-14/h2-4,6-7,9,11,15,27H,5,8,10,12-13H2,1H3. The lowest BCUT2D eigenvalue weighted by atomic mass is 9.96. The largest absolute Gasteiger partial charge is 0.425 e. The quantitative estimate of drug-likeness (QED) is 0.867. The van der Waals surface area contributed by atoms with Crippen molar-refractivity contribution in [3.8, 4) is 0 Å². The van der Waals surface area contributed by atoms with Gasteiger partial charge in [0.25, 0.3) is 0 Å². The Morgan fingerprint density at radius 2 is 2.00 bits per heavy atom. The van der Waals surface area contributed by atoms with Crippen molar-refractivity contribution in [3.05, 3.63) is 54.1 Å². The predicted octanol–water partition coefficient (Wildman–Crippen LogP) is 2.79. The molecule has 1 N–H and O–H groups in total. The number of benzene rings is 1. The molecule has 1 fully saturated rings. The van der Waals surface area contributed by atoms with E-state index in [2.05, 4.69) is 4.98 Å². The number of likely N-dealkylation sites (tertiary alicyclic amines) is 1. The monoisotopic (exact) mass is 381 g/mol. The summed E-state index contributed by atoms with van der Waals surface area (Å²) in [6.07, 6.45) is -1.57. The Morgan fingerprint density at radius 3 is 2.59 bits per heavy atom. The molecule has 2 heterocycles. The van der Waals surface area contributed by atoms with E-state index in [1.54, 1.807) is 0 Å². The fourth-order valence-corrected chi connectivity index (χ4v) is 3.65. The summed E-state index contributed by atoms with van der Waals surface area (Å²) in [5.74, 6) is -1.29. The second kappa shape index (κ2) is 7.34. The number of carbonyl (C=O) groups excluding carboxylic acids is 1. The molecule has 1 aliphatic rings. The lowest BCUT2D eigenvalue weighted by Crippen LogP contribution is -2.49. The highest BCUT2D eigenvalue weighted by molar-refractivity contribution is 5.78. The summed E-state index contributed by atoms with van der Waals surface area (Å²) < 4.78 is 42.1. The summed E-state index contributed by atoms with van der Waals surface area (Å²) in [6, 6.07) is 9.36. The van der Waals surface area contributed by atoms with Gasteiger partial charge < -0.3 is 14.6 Å². The Bertz CT molecular complexity index is 791. The number of amides is 1. The third-order valence-corrected chi connectivity index (χ3v) is 5.08. The van der Waals surface area contributed by atoms with Crippen LogP contribution in [0.15, 0.2) is 42.7 Å². The number of hydrogen-bond acceptors (Lipinski definition) is 3. The Labute approximate surface area is 155 Å². The van der Waals surface area contributed by atoms with E-state index in [9.17, 15) is 23.1 Å². The molecule has 5 nitrogen and oxygen atoms in total. The molecule has 1 aliphatic heterocycles. The molecule has 27 heavy (non-hydrogen) atoms. The molecule has 1 amide bonds. The molecule has 0 radical (unpaired) electrons. The van der Waals surface area contributed by atoms with Gasteiger partial charge in [0.1, 0.15) is 0 Å². The van der Waals surface area contributed by atoms with Crippen molar-refractivity contribution >= 4 is 5.91 Å². The summed E-state index contributed by atoms with van der Waals surface area (Å²) in [5.41, 5.74) is -2.29. The van der Waals surface area contributed by atoms with Gasteiger partial charge in [-0.3, -0.25) is 4.79 Å². The van der Waals surface area contributed by atoms with Crippen LogP contribution in [-0.4, -0.2) is 44.2 Å². The SMILES string of the molecule is Cn1ccnc1C(O)(CC(=O)N1CCCC1Cc1ccccc1)C(F)(F)F. The van der Waals surface area contributed by atoms with Crippen LogP contribution in [0.4, 0.5) is 13.2 Å². The Balaban J connectivity index is 1.80. The van der Waals surface area contributed by atoms with Crippen molar-refractivity contribution < 1.29 is 23.1 Å². The molecule has 0 bridgehead atoms. The summed E-state index contributed by atoms with van der Waals surface area (Å²) in [6.45, 7) is 0.394. The van der Waals surface area contributed by atoms with Crippen molar-refractivity contribution in [1.29, 1.82) is 0 Å². The highest BCUT2D eigenvalue weighted by Crippen LogP contribution is 2.41. The third kappa shape index (κ3) is 3.85. The lowest BCUT2D eigenvalue weighted by Gasteiger charge is -2.32. The van der Waals surface area contributed by atoms with Crippen LogP contribution in [0.2, 0.25) is 0 Å². The first-order chi connectivity index (χ1) is 12.7. The Kier molecular flexibility index (Phi) is 5.28. The highest BCUT2D eigenvalue weighted by Gasteiger charge is 2.59. The summed E-state index contributed by atoms with van der Waals surface area (Å²) in [4.78, 5) is 17.9. The zero-order valence-corrected chi connectivity index (χ0v) is 15.0. The molecule has 2 unspecified atom stereocenters. The van der Waals surface area contributed by atoms with Gasteiger partial charge in [-0.1, -0.05) is 30.3 Å². The van der Waals surface area contributed by atoms with Crippen LogP contribution < -0.4 is 0 Å². The van der Waals surface area contributed by atoms with Gasteiger partial charge in [0, 0.05) is 32.0 Å². The van der Waals surface area contributed by atoms with Gasteiger partial charge >= 0.3 is 6.18 Å². The van der Waals surface area contributed by atoms with Gasteiger partial charge in [-0.25, -0.2) is 4.98 Å². The molecule has 1 saturated heterocycles. The summed E-state index contributed by atoms with van der Waals surface area (Å²) >= 11 is 0. The maximum absolute atomic E-state index is 13.7. The van der Waals surface area contributed by atoms with E-state index in [4.69, 9.17) is 0 Å². The highest BCUT2D eigenvalue weighted by atomic mass is 19.4. The average molecular weight is 381 g/mol. The topological polar surface area (TPSA) is 58.4 Å². The molecule has 1 aromatic carbocycles. The van der Waals surface area contributed by atoms with Crippen LogP contribution in [0.3, 0.4) is 0 Å². The van der Waals surface area contributed by atoms with E-state index in [0.717, 1.165) is 23.0 Å². The van der Waals surface area contributed by atoms with Crippen LogP contribution in [0.1, 0.15) is 30.7 Å². The smallest absolute Gasteiger partial charge is 0.374 e. The lowest BCUT2D eigenvalue weighted by molar-refractivity contribution is -0.272. The fourth-order valence-electron chi connectivity index (χ4n) is 3.65. The van der Waals surface area contributed by atoms with Crippen molar-refractivity contribution in [2.24, 2.45) is 7.05 Å². The number of aromatic nitrogens is 2. The molecular formula is C19H22F3N3O2. The number of aliphatic hydroxyl groups is 1. The van der Waals surface area contributed by atoms with Crippen LogP contribution in [0.5, 0.6) is 0 Å². The molecule has 2 aromatic rings. The van der Waals surface area contributed by atoms with Crippen LogP contribution in [-0.2, 0) is 23.9 Å². The maximum atomic E-state index is 13.7. The van der Waals surface area contributed by atoms with Gasteiger partial charge in [0.2, 0.25) is 11.5 Å². The zero-order chi connectivity index (χ0) is 19.7. The first-order valence-electron chi connectivity index (χ1n) is 8.82.